The Labute approximate surface area is 460 Å². The molecule has 4 nitrogen and oxygen atoms in total. The van der Waals surface area contributed by atoms with Crippen molar-refractivity contribution in [1.82, 2.24) is 0 Å². The Balaban J connectivity index is 1.29. The van der Waals surface area contributed by atoms with Crippen molar-refractivity contribution in [3.05, 3.63) is 166 Å². The molecular weight excluding hydrogens is 946 g/mol. The molecule has 0 spiro atoms. The third-order valence-corrected chi connectivity index (χ3v) is 18.2. The summed E-state index contributed by atoms with van der Waals surface area (Å²) in [5.74, 6) is 4.76. The molecule has 0 N–H and O–H groups in total. The third kappa shape index (κ3) is 6.65. The van der Waals surface area contributed by atoms with Gasteiger partial charge < -0.3 is 9.47 Å². The Hall–Kier alpha value is -8.05. The van der Waals surface area contributed by atoms with Crippen molar-refractivity contribution in [2.75, 3.05) is 0 Å². The van der Waals surface area contributed by atoms with Gasteiger partial charge in [-0.1, -0.05) is 167 Å². The van der Waals surface area contributed by atoms with E-state index in [1.165, 1.54) is 98.9 Å². The molecule has 0 unspecified atom stereocenters. The van der Waals surface area contributed by atoms with Crippen LogP contribution in [0.15, 0.2) is 121 Å². The Kier molecular flexibility index (Phi) is 10.7. The molecule has 6 heteroatoms. The maximum absolute atomic E-state index is 10.9. The highest BCUT2D eigenvalue weighted by Crippen LogP contribution is 2.54. The van der Waals surface area contributed by atoms with Crippen molar-refractivity contribution in [3.63, 3.8) is 0 Å². The van der Waals surface area contributed by atoms with Crippen LogP contribution in [0.1, 0.15) is 163 Å². The summed E-state index contributed by atoms with van der Waals surface area (Å²) in [6.45, 7) is 27.8. The van der Waals surface area contributed by atoms with Crippen molar-refractivity contribution in [2.45, 2.75) is 119 Å². The Morgan fingerprint density at radius 1 is 0.346 bits per heavy atom. The molecule has 4 aliphatic rings. The number of benzene rings is 10. The lowest BCUT2D eigenvalue weighted by atomic mass is 9.31. The first-order valence-electron chi connectivity index (χ1n) is 28.5. The molecule has 78 heavy (non-hydrogen) atoms. The minimum absolute atomic E-state index is 0.165. The number of fused-ring (bicyclic) bond motifs is 8. The minimum Gasteiger partial charge on any atom is -0.458 e. The molecule has 10 aromatic rings. The maximum Gasteiger partial charge on any atom is 0.252 e. The molecule has 0 aliphatic carbocycles. The first-order chi connectivity index (χ1) is 37.6. The second-order valence-electron chi connectivity index (χ2n) is 24.8. The average Bonchev–Trinajstić information content (AvgIpc) is 1.49. The number of ether oxygens (including phenoxy) is 2. The van der Waals surface area contributed by atoms with Crippen LogP contribution in [0.4, 0.5) is 0 Å². The normalized spacial score (nSPS) is 13.4. The summed E-state index contributed by atoms with van der Waals surface area (Å²) in [7, 11) is 0. The van der Waals surface area contributed by atoms with Gasteiger partial charge in [0.2, 0.25) is 0 Å². The van der Waals surface area contributed by atoms with Crippen LogP contribution in [-0.4, -0.2) is 13.4 Å². The van der Waals surface area contributed by atoms with Crippen LogP contribution in [-0.2, 0) is 0 Å². The van der Waals surface area contributed by atoms with Crippen molar-refractivity contribution in [1.29, 1.82) is 10.5 Å². The molecule has 0 saturated heterocycles. The summed E-state index contributed by atoms with van der Waals surface area (Å²) < 4.78 is 13.9. The molecular formula is C72H62B2N2O2. The van der Waals surface area contributed by atoms with Gasteiger partial charge in [-0.15, -0.1) is 0 Å². The topological polar surface area (TPSA) is 66.0 Å². The second kappa shape index (κ2) is 17.2. The summed E-state index contributed by atoms with van der Waals surface area (Å²) >= 11 is 0. The third-order valence-electron chi connectivity index (χ3n) is 18.2. The zero-order valence-electron chi connectivity index (χ0n) is 46.9. The van der Waals surface area contributed by atoms with Gasteiger partial charge in [0.05, 0.1) is 23.3 Å². The average molecular weight is 1010 g/mol. The lowest BCUT2D eigenvalue weighted by Crippen LogP contribution is -2.58. The van der Waals surface area contributed by atoms with Gasteiger partial charge in [-0.25, -0.2) is 0 Å². The van der Waals surface area contributed by atoms with E-state index >= 15 is 0 Å². The summed E-state index contributed by atoms with van der Waals surface area (Å²) in [4.78, 5) is 0. The van der Waals surface area contributed by atoms with Gasteiger partial charge in [-0.2, -0.15) is 10.5 Å². The van der Waals surface area contributed by atoms with E-state index in [0.717, 1.165) is 67.1 Å². The van der Waals surface area contributed by atoms with Crippen LogP contribution in [0.25, 0.3) is 76.8 Å². The number of para-hydroxylation sites is 2. The maximum atomic E-state index is 10.9. The molecule has 0 fully saturated rings. The van der Waals surface area contributed by atoms with Crippen LogP contribution in [0.2, 0.25) is 0 Å². The first-order valence-corrected chi connectivity index (χ1v) is 28.5. The fourth-order valence-electron chi connectivity index (χ4n) is 14.5. The van der Waals surface area contributed by atoms with Gasteiger partial charge >= 0.3 is 0 Å². The molecule has 10 aromatic carbocycles. The number of hydrogen-bond donors (Lipinski definition) is 0. The largest absolute Gasteiger partial charge is 0.458 e. The molecule has 0 bridgehead atoms. The van der Waals surface area contributed by atoms with E-state index in [1.54, 1.807) is 0 Å². The van der Waals surface area contributed by atoms with Crippen LogP contribution < -0.4 is 42.3 Å². The quantitative estimate of drug-likeness (QED) is 0.112. The molecule has 0 atom stereocenters. The summed E-state index contributed by atoms with van der Waals surface area (Å²) in [5, 5.41) is 29.2. The van der Waals surface area contributed by atoms with E-state index in [0.29, 0.717) is 23.0 Å². The van der Waals surface area contributed by atoms with E-state index < -0.39 is 0 Å². The fourth-order valence-corrected chi connectivity index (χ4v) is 14.5. The van der Waals surface area contributed by atoms with E-state index in [1.807, 2.05) is 12.1 Å². The molecule has 0 saturated carbocycles. The van der Waals surface area contributed by atoms with Crippen molar-refractivity contribution < 1.29 is 9.47 Å². The van der Waals surface area contributed by atoms with Crippen molar-refractivity contribution >= 4 is 78.5 Å². The molecule has 4 heterocycles. The molecule has 14 rings (SSSR count). The van der Waals surface area contributed by atoms with Gasteiger partial charge in [0.15, 0.2) is 0 Å². The van der Waals surface area contributed by atoms with Gasteiger partial charge in [0.1, 0.15) is 23.0 Å². The molecule has 4 aliphatic heterocycles. The fraction of sp³-hybridized carbons (Fsp3) is 0.250. The van der Waals surface area contributed by atoms with Gasteiger partial charge in [-0.3, -0.25) is 0 Å². The van der Waals surface area contributed by atoms with Gasteiger partial charge in [0.25, 0.3) is 13.4 Å². The number of nitrogens with zero attached hydrogens (tertiary/aromatic N) is 2. The van der Waals surface area contributed by atoms with Crippen LogP contribution in [0.5, 0.6) is 23.0 Å². The van der Waals surface area contributed by atoms with Crippen molar-refractivity contribution in [3.8, 4) is 79.6 Å². The monoisotopic (exact) mass is 1010 g/mol. The molecule has 378 valence electrons. The van der Waals surface area contributed by atoms with Gasteiger partial charge in [-0.05, 0) is 216 Å². The SMILES string of the molecule is CC(C)c1cc(C(C)C)c(-c2cc3c4c(cc5c(-c6c(C(C)C)cc(C(C)C)cc6C(C)C)cc6c7c(cc2c4c57)B2c4ccccc4Oc4cc(C#N)cc-6c42)B2c4ccccc4Oc4cc(C#N)cc-3c42)c(C(C)C)c1. The van der Waals surface area contributed by atoms with Crippen LogP contribution >= 0.6 is 0 Å². The predicted molar refractivity (Wildman–Crippen MR) is 328 cm³/mol. The van der Waals surface area contributed by atoms with E-state index in [9.17, 15) is 10.5 Å². The highest BCUT2D eigenvalue weighted by atomic mass is 16.5. The minimum atomic E-state index is -0.165. The smallest absolute Gasteiger partial charge is 0.252 e. The predicted octanol–water partition coefficient (Wildman–Crippen LogP) is 15.6. The highest BCUT2D eigenvalue weighted by molar-refractivity contribution is 7.01. The van der Waals surface area contributed by atoms with Gasteiger partial charge in [0, 0.05) is 0 Å². The van der Waals surface area contributed by atoms with Crippen molar-refractivity contribution in [2.24, 2.45) is 0 Å². The highest BCUT2D eigenvalue weighted by Gasteiger charge is 2.45. The number of nitriles is 2. The number of hydrogen-bond acceptors (Lipinski definition) is 4. The summed E-state index contributed by atoms with van der Waals surface area (Å²) in [6, 6.07) is 50.6. The lowest BCUT2D eigenvalue weighted by Gasteiger charge is -2.38. The zero-order chi connectivity index (χ0) is 54.1. The lowest BCUT2D eigenvalue weighted by molar-refractivity contribution is 0.487. The second-order valence-corrected chi connectivity index (χ2v) is 24.8. The summed E-state index contributed by atoms with van der Waals surface area (Å²) in [6.07, 6.45) is 0. The van der Waals surface area contributed by atoms with E-state index in [2.05, 4.69) is 204 Å². The standard InChI is InChI=1S/C72H62B2N2O2/c1-35(2)43-25-45(37(5)6)65(46(26-43)38(7)8)49-29-51-55-21-41(33-75)23-63-71(55)74(58-18-14-16-20-62(58)77-63)60-32-54-50(66-47(39(9)10)27-44(36(3)4)28-48(66)40(11)12)30-52-56-22-42(34-76)24-64-72(56)73(57-17-13-15-19-61(57)78-64)59-31-53(49)69(67(51)60)70(54)68(52)59/h13-32,35-40H,1-12H3. The summed E-state index contributed by atoms with van der Waals surface area (Å²) in [5.41, 5.74) is 25.7. The Morgan fingerprint density at radius 2 is 0.705 bits per heavy atom. The van der Waals surface area contributed by atoms with Crippen LogP contribution in [0, 0.1) is 22.7 Å². The first kappa shape index (κ1) is 48.3. The molecule has 0 aromatic heterocycles. The number of rotatable bonds is 8. The van der Waals surface area contributed by atoms with E-state index in [4.69, 9.17) is 9.47 Å². The molecule has 0 amide bonds. The van der Waals surface area contributed by atoms with Crippen LogP contribution in [0.3, 0.4) is 0 Å². The Morgan fingerprint density at radius 3 is 1.04 bits per heavy atom. The molecule has 0 radical (unpaired) electrons. The van der Waals surface area contributed by atoms with E-state index in [-0.39, 0.29) is 37.1 Å². The Bertz CT molecular complexity index is 4050. The zero-order valence-corrected chi connectivity index (χ0v) is 46.9.